The zero-order valence-corrected chi connectivity index (χ0v) is 11.0. The lowest BCUT2D eigenvalue weighted by molar-refractivity contribution is 0.249. The fraction of sp³-hybridized carbons (Fsp3) is 0.385. The molecule has 5 nitrogen and oxygen atoms in total. The summed E-state index contributed by atoms with van der Waals surface area (Å²) >= 11 is 5.87. The zero-order chi connectivity index (χ0) is 13.3. The average Bonchev–Trinajstić information content (AvgIpc) is 3.08. The Balaban J connectivity index is 1.65. The van der Waals surface area contributed by atoms with Gasteiger partial charge in [-0.2, -0.15) is 5.10 Å². The third-order valence-electron chi connectivity index (χ3n) is 3.33. The van der Waals surface area contributed by atoms with Gasteiger partial charge in [-0.1, -0.05) is 17.7 Å². The second-order valence-corrected chi connectivity index (χ2v) is 5.23. The Morgan fingerprint density at radius 3 is 2.95 bits per heavy atom. The molecular formula is C13H14ClN3O2. The molecule has 19 heavy (non-hydrogen) atoms. The lowest BCUT2D eigenvalue weighted by Gasteiger charge is -2.05. The quantitative estimate of drug-likeness (QED) is 0.879. The van der Waals surface area contributed by atoms with Crippen molar-refractivity contribution in [1.82, 2.24) is 15.2 Å². The Bertz CT molecular complexity index is 581. The first-order valence-electron chi connectivity index (χ1n) is 6.13. The SMILES string of the molecule is OCC1(c2n[nH]c(COc3cccc(Cl)c3)n2)CC1. The Kier molecular flexibility index (Phi) is 3.16. The highest BCUT2D eigenvalue weighted by atomic mass is 35.5. The van der Waals surface area contributed by atoms with Crippen LogP contribution in [0.3, 0.4) is 0 Å². The maximum absolute atomic E-state index is 9.32. The van der Waals surface area contributed by atoms with E-state index in [-0.39, 0.29) is 12.0 Å². The number of nitrogens with zero attached hydrogens (tertiary/aromatic N) is 2. The number of nitrogens with one attached hydrogen (secondary N) is 1. The normalized spacial score (nSPS) is 16.3. The van der Waals surface area contributed by atoms with E-state index in [0.29, 0.717) is 29.0 Å². The Hall–Kier alpha value is -1.59. The van der Waals surface area contributed by atoms with Gasteiger partial charge in [0.15, 0.2) is 11.6 Å². The van der Waals surface area contributed by atoms with Crippen molar-refractivity contribution in [3.05, 3.63) is 40.9 Å². The molecule has 3 rings (SSSR count). The first kappa shape index (κ1) is 12.4. The number of rotatable bonds is 5. The summed E-state index contributed by atoms with van der Waals surface area (Å²) in [7, 11) is 0. The molecule has 0 atom stereocenters. The number of aliphatic hydroxyl groups excluding tert-OH is 1. The minimum atomic E-state index is -0.217. The number of aliphatic hydroxyl groups is 1. The van der Waals surface area contributed by atoms with Crippen molar-refractivity contribution in [1.29, 1.82) is 0 Å². The summed E-state index contributed by atoms with van der Waals surface area (Å²) in [4.78, 5) is 4.37. The molecular weight excluding hydrogens is 266 g/mol. The highest BCUT2D eigenvalue weighted by Crippen LogP contribution is 2.45. The lowest BCUT2D eigenvalue weighted by atomic mass is 10.1. The van der Waals surface area contributed by atoms with E-state index in [2.05, 4.69) is 15.2 Å². The van der Waals surface area contributed by atoms with Gasteiger partial charge >= 0.3 is 0 Å². The third kappa shape index (κ3) is 2.57. The number of benzene rings is 1. The van der Waals surface area contributed by atoms with Gasteiger partial charge < -0.3 is 9.84 Å². The number of aromatic amines is 1. The smallest absolute Gasteiger partial charge is 0.162 e. The lowest BCUT2D eigenvalue weighted by Crippen LogP contribution is -2.14. The summed E-state index contributed by atoms with van der Waals surface area (Å²) < 4.78 is 5.57. The molecule has 0 radical (unpaired) electrons. The molecule has 1 aliphatic rings. The summed E-state index contributed by atoms with van der Waals surface area (Å²) in [6.45, 7) is 0.397. The second-order valence-electron chi connectivity index (χ2n) is 4.79. The van der Waals surface area contributed by atoms with E-state index in [0.717, 1.165) is 12.8 Å². The molecule has 1 heterocycles. The molecule has 2 N–H and O–H groups in total. The maximum Gasteiger partial charge on any atom is 0.162 e. The first-order chi connectivity index (χ1) is 9.22. The highest BCUT2D eigenvalue weighted by molar-refractivity contribution is 6.30. The summed E-state index contributed by atoms with van der Waals surface area (Å²) in [5, 5.41) is 16.9. The van der Waals surface area contributed by atoms with Crippen molar-refractivity contribution in [2.75, 3.05) is 6.61 Å². The largest absolute Gasteiger partial charge is 0.486 e. The molecule has 100 valence electrons. The van der Waals surface area contributed by atoms with Crippen molar-refractivity contribution < 1.29 is 9.84 Å². The molecule has 2 aromatic rings. The molecule has 0 spiro atoms. The van der Waals surface area contributed by atoms with Crippen molar-refractivity contribution >= 4 is 11.6 Å². The Morgan fingerprint density at radius 2 is 2.26 bits per heavy atom. The van der Waals surface area contributed by atoms with E-state index in [1.54, 1.807) is 12.1 Å². The van der Waals surface area contributed by atoms with Crippen LogP contribution in [-0.4, -0.2) is 26.9 Å². The Labute approximate surface area is 115 Å². The molecule has 1 fully saturated rings. The van der Waals surface area contributed by atoms with Gasteiger partial charge in [0.05, 0.1) is 12.0 Å². The van der Waals surface area contributed by atoms with Crippen molar-refractivity contribution in [3.63, 3.8) is 0 Å². The average molecular weight is 280 g/mol. The zero-order valence-electron chi connectivity index (χ0n) is 10.3. The van der Waals surface area contributed by atoms with E-state index < -0.39 is 0 Å². The van der Waals surface area contributed by atoms with Crippen LogP contribution in [0.4, 0.5) is 0 Å². The molecule has 1 aliphatic carbocycles. The summed E-state index contributed by atoms with van der Waals surface area (Å²) in [6.07, 6.45) is 1.88. The van der Waals surface area contributed by atoms with Crippen LogP contribution in [0.5, 0.6) is 5.75 Å². The van der Waals surface area contributed by atoms with E-state index in [4.69, 9.17) is 16.3 Å². The molecule has 1 aromatic carbocycles. The third-order valence-corrected chi connectivity index (χ3v) is 3.57. The predicted octanol–water partition coefficient (Wildman–Crippen LogP) is 2.06. The van der Waals surface area contributed by atoms with Crippen molar-refractivity contribution in [3.8, 4) is 5.75 Å². The van der Waals surface area contributed by atoms with Crippen LogP contribution in [0.2, 0.25) is 5.02 Å². The molecule has 0 unspecified atom stereocenters. The first-order valence-corrected chi connectivity index (χ1v) is 6.51. The van der Waals surface area contributed by atoms with Gasteiger partial charge in [0.1, 0.15) is 12.4 Å². The number of halogens is 1. The number of H-pyrrole nitrogens is 1. The van der Waals surface area contributed by atoms with Gasteiger partial charge in [-0.3, -0.25) is 5.10 Å². The number of aromatic nitrogens is 3. The number of ether oxygens (including phenoxy) is 1. The second kappa shape index (κ2) is 4.83. The van der Waals surface area contributed by atoms with Crippen LogP contribution in [-0.2, 0) is 12.0 Å². The van der Waals surface area contributed by atoms with E-state index >= 15 is 0 Å². The molecule has 1 saturated carbocycles. The van der Waals surface area contributed by atoms with Crippen LogP contribution in [0.15, 0.2) is 24.3 Å². The number of hydrogen-bond acceptors (Lipinski definition) is 4. The monoisotopic (exact) mass is 279 g/mol. The standard InChI is InChI=1S/C13H14ClN3O2/c14-9-2-1-3-10(6-9)19-7-11-15-12(17-16-11)13(8-18)4-5-13/h1-3,6,18H,4-5,7-8H2,(H,15,16,17). The van der Waals surface area contributed by atoms with Crippen molar-refractivity contribution in [2.45, 2.75) is 24.9 Å². The minimum absolute atomic E-state index is 0.0967. The van der Waals surface area contributed by atoms with Crippen LogP contribution in [0.1, 0.15) is 24.5 Å². The fourth-order valence-corrected chi connectivity index (χ4v) is 2.09. The van der Waals surface area contributed by atoms with E-state index in [1.165, 1.54) is 0 Å². The van der Waals surface area contributed by atoms with E-state index in [1.807, 2.05) is 12.1 Å². The fourth-order valence-electron chi connectivity index (χ4n) is 1.91. The number of hydrogen-bond donors (Lipinski definition) is 2. The molecule has 0 saturated heterocycles. The maximum atomic E-state index is 9.32. The molecule has 0 amide bonds. The predicted molar refractivity (Wildman–Crippen MR) is 70.2 cm³/mol. The van der Waals surface area contributed by atoms with E-state index in [9.17, 15) is 5.11 Å². The molecule has 0 aliphatic heterocycles. The van der Waals surface area contributed by atoms with Gasteiger partial charge in [-0.05, 0) is 31.0 Å². The van der Waals surface area contributed by atoms with Crippen LogP contribution in [0.25, 0.3) is 0 Å². The molecule has 6 heteroatoms. The van der Waals surface area contributed by atoms with Gasteiger partial charge in [0, 0.05) is 5.02 Å². The highest BCUT2D eigenvalue weighted by Gasteiger charge is 2.47. The summed E-state index contributed by atoms with van der Waals surface area (Å²) in [5.41, 5.74) is -0.217. The molecule has 1 aromatic heterocycles. The molecule has 0 bridgehead atoms. The van der Waals surface area contributed by atoms with Gasteiger partial charge in [-0.25, -0.2) is 4.98 Å². The van der Waals surface area contributed by atoms with Crippen LogP contribution >= 0.6 is 11.6 Å². The van der Waals surface area contributed by atoms with Crippen LogP contribution < -0.4 is 4.74 Å². The summed E-state index contributed by atoms with van der Waals surface area (Å²) in [6, 6.07) is 7.20. The van der Waals surface area contributed by atoms with Gasteiger partial charge in [0.25, 0.3) is 0 Å². The van der Waals surface area contributed by atoms with Gasteiger partial charge in [0.2, 0.25) is 0 Å². The topological polar surface area (TPSA) is 71.0 Å². The van der Waals surface area contributed by atoms with Crippen molar-refractivity contribution in [2.24, 2.45) is 0 Å². The summed E-state index contributed by atoms with van der Waals surface area (Å²) in [5.74, 6) is 2.02. The van der Waals surface area contributed by atoms with Gasteiger partial charge in [-0.15, -0.1) is 0 Å². The minimum Gasteiger partial charge on any atom is -0.486 e. The van der Waals surface area contributed by atoms with Crippen LogP contribution in [0, 0.1) is 0 Å². The Morgan fingerprint density at radius 1 is 1.42 bits per heavy atom.